The molecule has 0 bridgehead atoms. The van der Waals surface area contributed by atoms with Gasteiger partial charge in [0.1, 0.15) is 5.82 Å². The van der Waals surface area contributed by atoms with Gasteiger partial charge in [-0.05, 0) is 19.8 Å². The van der Waals surface area contributed by atoms with Crippen molar-refractivity contribution in [1.82, 2.24) is 20.1 Å². The number of aromatic amines is 1. The fraction of sp³-hybridized carbons (Fsp3) is 0.438. The van der Waals surface area contributed by atoms with Crippen LogP contribution in [0.1, 0.15) is 31.5 Å². The number of benzene rings is 1. The maximum atomic E-state index is 11.9. The van der Waals surface area contributed by atoms with Crippen LogP contribution in [0.15, 0.2) is 30.3 Å². The van der Waals surface area contributed by atoms with Crippen LogP contribution in [-0.4, -0.2) is 45.1 Å². The van der Waals surface area contributed by atoms with Crippen LogP contribution < -0.4 is 5.73 Å². The Kier molecular flexibility index (Phi) is 5.74. The minimum atomic E-state index is -0.425. The van der Waals surface area contributed by atoms with Gasteiger partial charge in [0.2, 0.25) is 5.91 Å². The molecule has 1 atom stereocenters. The molecular weight excluding hydrogens is 314 g/mol. The first-order valence-electron chi connectivity index (χ1n) is 7.67. The molecule has 23 heavy (non-hydrogen) atoms. The Morgan fingerprint density at radius 2 is 1.96 bits per heavy atom. The highest BCUT2D eigenvalue weighted by Crippen LogP contribution is 2.27. The smallest absolute Gasteiger partial charge is 0.239 e. The van der Waals surface area contributed by atoms with Gasteiger partial charge in [-0.25, -0.2) is 4.98 Å². The number of amides is 1. The van der Waals surface area contributed by atoms with Crippen molar-refractivity contribution in [2.45, 2.75) is 31.7 Å². The van der Waals surface area contributed by atoms with Crippen LogP contribution in [-0.2, 0) is 4.79 Å². The molecule has 6 nitrogen and oxygen atoms in total. The van der Waals surface area contributed by atoms with Crippen LogP contribution >= 0.6 is 12.4 Å². The van der Waals surface area contributed by atoms with Gasteiger partial charge in [0, 0.05) is 24.6 Å². The predicted molar refractivity (Wildman–Crippen MR) is 91.3 cm³/mol. The second-order valence-corrected chi connectivity index (χ2v) is 5.80. The van der Waals surface area contributed by atoms with Gasteiger partial charge in [0.25, 0.3) is 0 Å². The lowest BCUT2D eigenvalue weighted by atomic mass is 9.96. The zero-order chi connectivity index (χ0) is 15.5. The van der Waals surface area contributed by atoms with Crippen molar-refractivity contribution < 1.29 is 4.79 Å². The summed E-state index contributed by atoms with van der Waals surface area (Å²) in [4.78, 5) is 18.4. The number of aromatic nitrogens is 3. The summed E-state index contributed by atoms with van der Waals surface area (Å²) in [7, 11) is 0. The van der Waals surface area contributed by atoms with Gasteiger partial charge in [-0.1, -0.05) is 30.3 Å². The maximum absolute atomic E-state index is 11.9. The summed E-state index contributed by atoms with van der Waals surface area (Å²) in [5.41, 5.74) is 6.67. The van der Waals surface area contributed by atoms with Gasteiger partial charge in [-0.3, -0.25) is 9.89 Å². The van der Waals surface area contributed by atoms with Crippen LogP contribution in [0.4, 0.5) is 0 Å². The minimum absolute atomic E-state index is 0. The fourth-order valence-corrected chi connectivity index (χ4v) is 2.83. The van der Waals surface area contributed by atoms with E-state index >= 15 is 0 Å². The second kappa shape index (κ2) is 7.57. The summed E-state index contributed by atoms with van der Waals surface area (Å²) in [5, 5.41) is 7.36. The average molecular weight is 336 g/mol. The van der Waals surface area contributed by atoms with E-state index in [1.165, 1.54) is 0 Å². The normalized spacial score (nSPS) is 16.7. The van der Waals surface area contributed by atoms with Crippen LogP contribution in [0, 0.1) is 0 Å². The molecular formula is C16H22ClN5O. The number of halogens is 1. The summed E-state index contributed by atoms with van der Waals surface area (Å²) in [6.45, 7) is 3.19. The third-order valence-electron chi connectivity index (χ3n) is 4.12. The Balaban J connectivity index is 0.00000192. The fourth-order valence-electron chi connectivity index (χ4n) is 2.83. The number of H-pyrrole nitrogens is 1. The molecule has 2 heterocycles. The number of carbonyl (C=O) groups is 1. The van der Waals surface area contributed by atoms with Crippen molar-refractivity contribution in [3.8, 4) is 11.4 Å². The van der Waals surface area contributed by atoms with Crippen molar-refractivity contribution in [3.05, 3.63) is 36.2 Å². The van der Waals surface area contributed by atoms with E-state index in [1.807, 2.05) is 35.2 Å². The number of hydrogen-bond acceptors (Lipinski definition) is 4. The van der Waals surface area contributed by atoms with Gasteiger partial charge >= 0.3 is 0 Å². The summed E-state index contributed by atoms with van der Waals surface area (Å²) in [6.07, 6.45) is 1.78. The number of likely N-dealkylation sites (tertiary alicyclic amines) is 1. The Morgan fingerprint density at radius 3 is 2.57 bits per heavy atom. The zero-order valence-electron chi connectivity index (χ0n) is 13.1. The van der Waals surface area contributed by atoms with E-state index in [1.54, 1.807) is 6.92 Å². The number of piperidine rings is 1. The molecule has 3 rings (SSSR count). The van der Waals surface area contributed by atoms with E-state index in [0.717, 1.165) is 43.1 Å². The first-order chi connectivity index (χ1) is 10.6. The van der Waals surface area contributed by atoms with E-state index < -0.39 is 6.04 Å². The van der Waals surface area contributed by atoms with Crippen molar-refractivity contribution in [3.63, 3.8) is 0 Å². The summed E-state index contributed by atoms with van der Waals surface area (Å²) < 4.78 is 0. The number of nitrogens with two attached hydrogens (primary N) is 1. The third-order valence-corrected chi connectivity index (χ3v) is 4.12. The van der Waals surface area contributed by atoms with Gasteiger partial charge in [0.15, 0.2) is 5.82 Å². The second-order valence-electron chi connectivity index (χ2n) is 5.80. The Labute approximate surface area is 141 Å². The highest BCUT2D eigenvalue weighted by atomic mass is 35.5. The third kappa shape index (κ3) is 3.89. The molecule has 1 aromatic heterocycles. The summed E-state index contributed by atoms with van der Waals surface area (Å²) >= 11 is 0. The molecule has 0 saturated carbocycles. The lowest BCUT2D eigenvalue weighted by Crippen LogP contribution is -2.45. The lowest BCUT2D eigenvalue weighted by Gasteiger charge is -2.32. The number of rotatable bonds is 3. The van der Waals surface area contributed by atoms with Crippen molar-refractivity contribution in [2.75, 3.05) is 13.1 Å². The molecule has 1 aliphatic heterocycles. The molecule has 1 fully saturated rings. The average Bonchev–Trinajstić information content (AvgIpc) is 3.05. The quantitative estimate of drug-likeness (QED) is 0.897. The van der Waals surface area contributed by atoms with Gasteiger partial charge in [-0.15, -0.1) is 12.4 Å². The topological polar surface area (TPSA) is 87.9 Å². The highest BCUT2D eigenvalue weighted by molar-refractivity contribution is 5.85. The minimum Gasteiger partial charge on any atom is -0.341 e. The van der Waals surface area contributed by atoms with Crippen molar-refractivity contribution in [1.29, 1.82) is 0 Å². The number of nitrogens with zero attached hydrogens (tertiary/aromatic N) is 3. The Bertz CT molecular complexity index is 635. The van der Waals surface area contributed by atoms with E-state index in [2.05, 4.69) is 15.2 Å². The number of hydrogen-bond donors (Lipinski definition) is 2. The highest BCUT2D eigenvalue weighted by Gasteiger charge is 2.27. The molecule has 0 spiro atoms. The zero-order valence-corrected chi connectivity index (χ0v) is 13.9. The van der Waals surface area contributed by atoms with Crippen LogP contribution in [0.3, 0.4) is 0 Å². The van der Waals surface area contributed by atoms with Crippen LogP contribution in [0.2, 0.25) is 0 Å². The molecule has 124 valence electrons. The molecule has 1 saturated heterocycles. The molecule has 0 aliphatic carbocycles. The van der Waals surface area contributed by atoms with E-state index in [4.69, 9.17) is 5.73 Å². The van der Waals surface area contributed by atoms with E-state index in [-0.39, 0.29) is 18.3 Å². The Hall–Kier alpha value is -1.92. The molecule has 1 amide bonds. The lowest BCUT2D eigenvalue weighted by molar-refractivity contribution is -0.133. The SMILES string of the molecule is C[C@@H](N)C(=O)N1CCC(c2nc(-c3ccccc3)n[nH]2)CC1.Cl. The molecule has 0 unspecified atom stereocenters. The van der Waals surface area contributed by atoms with E-state index in [9.17, 15) is 4.79 Å². The van der Waals surface area contributed by atoms with Gasteiger partial charge in [0.05, 0.1) is 6.04 Å². The molecule has 1 aromatic carbocycles. The molecule has 7 heteroatoms. The molecule has 0 radical (unpaired) electrons. The number of carbonyl (C=O) groups excluding carboxylic acids is 1. The maximum Gasteiger partial charge on any atom is 0.239 e. The first-order valence-corrected chi connectivity index (χ1v) is 7.67. The summed E-state index contributed by atoms with van der Waals surface area (Å²) in [5.74, 6) is 1.99. The van der Waals surface area contributed by atoms with Gasteiger partial charge < -0.3 is 10.6 Å². The van der Waals surface area contributed by atoms with Crippen LogP contribution in [0.25, 0.3) is 11.4 Å². The van der Waals surface area contributed by atoms with Crippen molar-refractivity contribution in [2.24, 2.45) is 5.73 Å². The largest absolute Gasteiger partial charge is 0.341 e. The molecule has 3 N–H and O–H groups in total. The first kappa shape index (κ1) is 17.4. The monoisotopic (exact) mass is 335 g/mol. The van der Waals surface area contributed by atoms with Gasteiger partial charge in [-0.2, -0.15) is 5.10 Å². The Morgan fingerprint density at radius 1 is 1.30 bits per heavy atom. The molecule has 2 aromatic rings. The predicted octanol–water partition coefficient (Wildman–Crippen LogP) is 1.95. The summed E-state index contributed by atoms with van der Waals surface area (Å²) in [6, 6.07) is 9.49. The number of nitrogens with one attached hydrogen (secondary N) is 1. The standard InChI is InChI=1S/C16H21N5O.ClH/c1-11(17)16(22)21-9-7-13(8-10-21)15-18-14(19-20-15)12-5-3-2-4-6-12;/h2-6,11,13H,7-10,17H2,1H3,(H,18,19,20);1H/t11-;/m1./s1. The van der Waals surface area contributed by atoms with Crippen LogP contribution in [0.5, 0.6) is 0 Å². The van der Waals surface area contributed by atoms with E-state index in [0.29, 0.717) is 5.92 Å². The molecule has 1 aliphatic rings. The van der Waals surface area contributed by atoms with Crippen molar-refractivity contribution >= 4 is 18.3 Å².